The summed E-state index contributed by atoms with van der Waals surface area (Å²) in [6, 6.07) is 0.436. The molecule has 7 nitrogen and oxygen atoms in total. The number of carbonyl (C=O) groups excluding carboxylic acids is 1. The molecular formula is C17H26ClN5O2. The topological polar surface area (TPSA) is 83.0 Å². The summed E-state index contributed by atoms with van der Waals surface area (Å²) in [4.78, 5) is 31.4. The lowest BCUT2D eigenvalue weighted by molar-refractivity contribution is -0.134. The highest BCUT2D eigenvalue weighted by Gasteiger charge is 2.29. The number of aromatic amines is 1. The quantitative estimate of drug-likeness (QED) is 0.831. The number of piperazine rings is 1. The molecule has 2 unspecified atom stereocenters. The molecule has 1 aliphatic rings. The molecule has 2 aromatic rings. The van der Waals surface area contributed by atoms with Crippen molar-refractivity contribution in [3.63, 3.8) is 0 Å². The van der Waals surface area contributed by atoms with Gasteiger partial charge in [0, 0.05) is 37.9 Å². The lowest BCUT2D eigenvalue weighted by Gasteiger charge is -2.38. The third kappa shape index (κ3) is 3.30. The van der Waals surface area contributed by atoms with Crippen molar-refractivity contribution < 1.29 is 4.79 Å². The van der Waals surface area contributed by atoms with E-state index in [0.717, 1.165) is 23.4 Å². The zero-order valence-corrected chi connectivity index (χ0v) is 16.2. The fraction of sp³-hybridized carbons (Fsp3) is 0.588. The van der Waals surface area contributed by atoms with Crippen LogP contribution in [0.15, 0.2) is 4.79 Å². The van der Waals surface area contributed by atoms with Crippen molar-refractivity contribution in [3.05, 3.63) is 27.2 Å². The SMILES string of the molecule is Cc1nc2c(c(C)c1CC(=O)N1CCNC(C)C1C)c(=O)[nH]n2C.Cl. The zero-order chi connectivity index (χ0) is 17.6. The Morgan fingerprint density at radius 3 is 2.68 bits per heavy atom. The lowest BCUT2D eigenvalue weighted by atomic mass is 9.99. The maximum Gasteiger partial charge on any atom is 0.273 e. The van der Waals surface area contributed by atoms with Crippen molar-refractivity contribution >= 4 is 29.3 Å². The number of aromatic nitrogens is 3. The molecule has 25 heavy (non-hydrogen) atoms. The first kappa shape index (κ1) is 19.5. The van der Waals surface area contributed by atoms with E-state index >= 15 is 0 Å². The zero-order valence-electron chi connectivity index (χ0n) is 15.3. The van der Waals surface area contributed by atoms with E-state index in [4.69, 9.17) is 0 Å². The van der Waals surface area contributed by atoms with Crippen molar-refractivity contribution in [2.75, 3.05) is 13.1 Å². The fourth-order valence-electron chi connectivity index (χ4n) is 3.57. The summed E-state index contributed by atoms with van der Waals surface area (Å²) in [6.07, 6.45) is 0.284. The van der Waals surface area contributed by atoms with E-state index in [1.54, 1.807) is 11.7 Å². The third-order valence-electron chi connectivity index (χ3n) is 5.26. The van der Waals surface area contributed by atoms with Crippen LogP contribution in [-0.4, -0.2) is 50.7 Å². The summed E-state index contributed by atoms with van der Waals surface area (Å²) < 4.78 is 1.63. The van der Waals surface area contributed by atoms with Crippen molar-refractivity contribution in [1.29, 1.82) is 0 Å². The first-order chi connectivity index (χ1) is 11.3. The molecule has 0 aromatic carbocycles. The van der Waals surface area contributed by atoms with Crippen LogP contribution >= 0.6 is 12.4 Å². The third-order valence-corrected chi connectivity index (χ3v) is 5.26. The number of hydrogen-bond donors (Lipinski definition) is 2. The van der Waals surface area contributed by atoms with Gasteiger partial charge in [-0.1, -0.05) is 0 Å². The second-order valence-corrected chi connectivity index (χ2v) is 6.75. The second kappa shape index (κ2) is 7.17. The summed E-state index contributed by atoms with van der Waals surface area (Å²) in [5.74, 6) is 0.0931. The first-order valence-electron chi connectivity index (χ1n) is 8.39. The van der Waals surface area contributed by atoms with Crippen LogP contribution in [0.5, 0.6) is 0 Å². The molecule has 0 saturated carbocycles. The molecular weight excluding hydrogens is 342 g/mol. The number of hydrogen-bond acceptors (Lipinski definition) is 4. The first-order valence-corrected chi connectivity index (χ1v) is 8.39. The van der Waals surface area contributed by atoms with Gasteiger partial charge in [-0.15, -0.1) is 12.4 Å². The number of carbonyl (C=O) groups is 1. The van der Waals surface area contributed by atoms with E-state index in [9.17, 15) is 9.59 Å². The standard InChI is InChI=1S/C17H25N5O2.ClH/c1-9-13(8-14(23)22-7-6-18-10(2)12(22)4)11(3)19-16-15(9)17(24)20-21(16)5;/h10,12,18H,6-8H2,1-5H3,(H,20,24);1H. The van der Waals surface area contributed by atoms with Gasteiger partial charge in [0.1, 0.15) is 0 Å². The molecule has 2 atom stereocenters. The number of H-pyrrole nitrogens is 1. The Bertz CT molecular complexity index is 857. The predicted molar refractivity (Wildman–Crippen MR) is 100 cm³/mol. The molecule has 1 aliphatic heterocycles. The van der Waals surface area contributed by atoms with E-state index in [1.165, 1.54) is 0 Å². The van der Waals surface area contributed by atoms with Crippen molar-refractivity contribution in [1.82, 2.24) is 25.0 Å². The second-order valence-electron chi connectivity index (χ2n) is 6.75. The van der Waals surface area contributed by atoms with Crippen LogP contribution in [0, 0.1) is 13.8 Å². The van der Waals surface area contributed by atoms with Gasteiger partial charge in [0.2, 0.25) is 5.91 Å². The number of fused-ring (bicyclic) bond motifs is 1. The van der Waals surface area contributed by atoms with Gasteiger partial charge in [-0.05, 0) is 38.8 Å². The van der Waals surface area contributed by atoms with Crippen molar-refractivity contribution in [3.8, 4) is 0 Å². The van der Waals surface area contributed by atoms with E-state index in [2.05, 4.69) is 29.2 Å². The number of rotatable bonds is 2. The van der Waals surface area contributed by atoms with Gasteiger partial charge in [-0.25, -0.2) is 4.98 Å². The molecule has 1 amide bonds. The minimum absolute atomic E-state index is 0. The lowest BCUT2D eigenvalue weighted by Crippen LogP contribution is -2.57. The summed E-state index contributed by atoms with van der Waals surface area (Å²) in [6.45, 7) is 9.49. The van der Waals surface area contributed by atoms with Gasteiger partial charge >= 0.3 is 0 Å². The Labute approximate surface area is 153 Å². The Balaban J connectivity index is 0.00000225. The minimum atomic E-state index is -0.157. The van der Waals surface area contributed by atoms with E-state index in [-0.39, 0.29) is 42.4 Å². The Hall–Kier alpha value is -1.86. The highest BCUT2D eigenvalue weighted by molar-refractivity contribution is 5.85. The molecule has 3 heterocycles. The Morgan fingerprint density at radius 1 is 1.32 bits per heavy atom. The van der Waals surface area contributed by atoms with Gasteiger partial charge < -0.3 is 10.2 Å². The molecule has 2 N–H and O–H groups in total. The van der Waals surface area contributed by atoms with Crippen LogP contribution in [0.2, 0.25) is 0 Å². The van der Waals surface area contributed by atoms with Crippen LogP contribution in [0.25, 0.3) is 11.0 Å². The maximum atomic E-state index is 12.8. The summed E-state index contributed by atoms with van der Waals surface area (Å²) >= 11 is 0. The normalized spacial score (nSPS) is 20.6. The number of halogens is 1. The molecule has 3 rings (SSSR count). The molecule has 1 fully saturated rings. The summed E-state index contributed by atoms with van der Waals surface area (Å²) in [5.41, 5.74) is 3.00. The van der Waals surface area contributed by atoms with Crippen LogP contribution < -0.4 is 10.9 Å². The van der Waals surface area contributed by atoms with Crippen LogP contribution in [-0.2, 0) is 18.3 Å². The molecule has 0 spiro atoms. The largest absolute Gasteiger partial charge is 0.337 e. The predicted octanol–water partition coefficient (Wildman–Crippen LogP) is 1.05. The smallest absolute Gasteiger partial charge is 0.273 e. The van der Waals surface area contributed by atoms with Crippen LogP contribution in [0.1, 0.15) is 30.7 Å². The number of amides is 1. The fourth-order valence-corrected chi connectivity index (χ4v) is 3.57. The molecule has 8 heteroatoms. The molecule has 0 bridgehead atoms. The van der Waals surface area contributed by atoms with E-state index < -0.39 is 0 Å². The maximum absolute atomic E-state index is 12.8. The Morgan fingerprint density at radius 2 is 2.00 bits per heavy atom. The Kier molecular flexibility index (Phi) is 5.58. The summed E-state index contributed by atoms with van der Waals surface area (Å²) in [7, 11) is 1.77. The van der Waals surface area contributed by atoms with Gasteiger partial charge in [-0.3, -0.25) is 19.4 Å². The van der Waals surface area contributed by atoms with Gasteiger partial charge in [0.15, 0.2) is 5.65 Å². The van der Waals surface area contributed by atoms with Gasteiger partial charge in [-0.2, -0.15) is 0 Å². The number of nitrogens with zero attached hydrogens (tertiary/aromatic N) is 3. The average molecular weight is 368 g/mol. The van der Waals surface area contributed by atoms with Gasteiger partial charge in [0.05, 0.1) is 11.8 Å². The van der Waals surface area contributed by atoms with Crippen molar-refractivity contribution in [2.45, 2.75) is 46.2 Å². The highest BCUT2D eigenvalue weighted by atomic mass is 35.5. The van der Waals surface area contributed by atoms with E-state index in [1.807, 2.05) is 18.7 Å². The molecule has 138 valence electrons. The van der Waals surface area contributed by atoms with Gasteiger partial charge in [0.25, 0.3) is 5.56 Å². The minimum Gasteiger partial charge on any atom is -0.337 e. The number of pyridine rings is 1. The number of aryl methyl sites for hydroxylation is 3. The monoisotopic (exact) mass is 367 g/mol. The van der Waals surface area contributed by atoms with Crippen LogP contribution in [0.3, 0.4) is 0 Å². The van der Waals surface area contributed by atoms with E-state index in [0.29, 0.717) is 17.6 Å². The van der Waals surface area contributed by atoms with Crippen molar-refractivity contribution in [2.24, 2.45) is 7.05 Å². The summed E-state index contributed by atoms with van der Waals surface area (Å²) in [5, 5.41) is 6.69. The molecule has 1 saturated heterocycles. The molecule has 0 aliphatic carbocycles. The highest BCUT2D eigenvalue weighted by Crippen LogP contribution is 2.21. The average Bonchev–Trinajstić information content (AvgIpc) is 2.80. The van der Waals surface area contributed by atoms with Crippen LogP contribution in [0.4, 0.5) is 0 Å². The number of nitrogens with one attached hydrogen (secondary N) is 2. The molecule has 0 radical (unpaired) electrons. The molecule has 2 aromatic heterocycles.